The van der Waals surface area contributed by atoms with Crippen molar-refractivity contribution in [1.29, 1.82) is 0 Å². The lowest BCUT2D eigenvalue weighted by Crippen LogP contribution is -1.67. The van der Waals surface area contributed by atoms with Gasteiger partial charge in [-0.15, -0.1) is 0 Å². The monoisotopic (exact) mass is 170 g/mol. The van der Waals surface area contributed by atoms with E-state index < -0.39 is 0 Å². The minimum absolute atomic E-state index is 1.22. The van der Waals surface area contributed by atoms with E-state index in [1.54, 1.807) is 5.56 Å². The fraction of sp³-hybridized carbons (Fsp3) is 0.0833. The molecular formula is C12H10O. The van der Waals surface area contributed by atoms with Gasteiger partial charge in [0.05, 0.1) is 0 Å². The van der Waals surface area contributed by atoms with E-state index in [1.165, 1.54) is 22.8 Å². The molecule has 0 unspecified atom stereocenters. The van der Waals surface area contributed by atoms with Crippen LogP contribution in [-0.4, -0.2) is 6.79 Å². The molecule has 64 valence electrons. The number of benzene rings is 2. The average molecular weight is 170 g/mol. The summed E-state index contributed by atoms with van der Waals surface area (Å²) in [7, 11) is 0. The van der Waals surface area contributed by atoms with E-state index in [0.717, 1.165) is 0 Å². The Balaban J connectivity index is 0.000000308. The predicted octanol–water partition coefficient (Wildman–Crippen LogP) is 2.56. The molecule has 1 nitrogen and oxygen atoms in total. The highest BCUT2D eigenvalue weighted by Gasteiger charge is 2.18. The molecule has 3 rings (SSSR count). The van der Waals surface area contributed by atoms with E-state index in [9.17, 15) is 0 Å². The van der Waals surface area contributed by atoms with Crippen molar-refractivity contribution in [2.24, 2.45) is 0 Å². The summed E-state index contributed by atoms with van der Waals surface area (Å²) in [5.74, 6) is 0. The number of hydrogen-bond donors (Lipinski definition) is 0. The minimum Gasteiger partial charge on any atom is -0.307 e. The summed E-state index contributed by atoms with van der Waals surface area (Å²) in [6.07, 6.45) is 1.22. The summed E-state index contributed by atoms with van der Waals surface area (Å²) < 4.78 is 0. The first-order chi connectivity index (χ1) is 6.45. The molecule has 0 spiro atoms. The topological polar surface area (TPSA) is 17.1 Å². The second-order valence-corrected chi connectivity index (χ2v) is 3.10. The molecule has 1 aliphatic rings. The summed E-state index contributed by atoms with van der Waals surface area (Å²) in [4.78, 5) is 8.00. The van der Waals surface area contributed by atoms with Crippen molar-refractivity contribution in [3.63, 3.8) is 0 Å². The summed E-state index contributed by atoms with van der Waals surface area (Å²) in [6.45, 7) is 2.00. The van der Waals surface area contributed by atoms with E-state index in [-0.39, 0.29) is 0 Å². The molecular weight excluding hydrogens is 160 g/mol. The predicted molar refractivity (Wildman–Crippen MR) is 53.9 cm³/mol. The molecule has 0 saturated heterocycles. The SMILES string of the molecule is C=O.c1ccc2c3c(ccc2c1)C3. The van der Waals surface area contributed by atoms with Crippen molar-refractivity contribution in [1.82, 2.24) is 0 Å². The lowest BCUT2D eigenvalue weighted by atomic mass is 10.1. The van der Waals surface area contributed by atoms with Gasteiger partial charge in [-0.1, -0.05) is 36.4 Å². The van der Waals surface area contributed by atoms with Crippen molar-refractivity contribution in [3.05, 3.63) is 47.5 Å². The van der Waals surface area contributed by atoms with E-state index in [2.05, 4.69) is 36.4 Å². The minimum atomic E-state index is 1.22. The Morgan fingerprint density at radius 2 is 1.77 bits per heavy atom. The molecule has 13 heavy (non-hydrogen) atoms. The zero-order valence-electron chi connectivity index (χ0n) is 7.29. The van der Waals surface area contributed by atoms with Crippen LogP contribution in [0.5, 0.6) is 0 Å². The van der Waals surface area contributed by atoms with Crippen molar-refractivity contribution < 1.29 is 4.79 Å². The number of fused-ring (bicyclic) bond motifs is 3. The summed E-state index contributed by atoms with van der Waals surface area (Å²) in [6, 6.07) is 13.0. The van der Waals surface area contributed by atoms with Crippen LogP contribution in [0.1, 0.15) is 11.1 Å². The van der Waals surface area contributed by atoms with Gasteiger partial charge >= 0.3 is 0 Å². The van der Waals surface area contributed by atoms with Gasteiger partial charge in [-0.05, 0) is 28.3 Å². The van der Waals surface area contributed by atoms with Crippen LogP contribution in [0.2, 0.25) is 0 Å². The highest BCUT2D eigenvalue weighted by atomic mass is 16.1. The molecule has 1 heteroatoms. The van der Waals surface area contributed by atoms with Gasteiger partial charge in [-0.2, -0.15) is 0 Å². The molecule has 0 bridgehead atoms. The molecule has 0 atom stereocenters. The van der Waals surface area contributed by atoms with Crippen LogP contribution in [0.15, 0.2) is 36.4 Å². The first-order valence-corrected chi connectivity index (χ1v) is 4.23. The Morgan fingerprint density at radius 1 is 1.00 bits per heavy atom. The first-order valence-electron chi connectivity index (χ1n) is 4.23. The largest absolute Gasteiger partial charge is 0.307 e. The van der Waals surface area contributed by atoms with Crippen LogP contribution in [0.3, 0.4) is 0 Å². The van der Waals surface area contributed by atoms with Crippen LogP contribution in [0.25, 0.3) is 10.8 Å². The summed E-state index contributed by atoms with van der Waals surface area (Å²) >= 11 is 0. The summed E-state index contributed by atoms with van der Waals surface area (Å²) in [5, 5.41) is 2.83. The van der Waals surface area contributed by atoms with Gasteiger partial charge in [0.1, 0.15) is 6.79 Å². The zero-order valence-corrected chi connectivity index (χ0v) is 7.29. The van der Waals surface area contributed by atoms with Crippen LogP contribution >= 0.6 is 0 Å². The standard InChI is InChI=1S/C11H8.CH2O/c1-2-4-10-8(3-1)5-6-9-7-11(9)10;1-2/h1-6H,7H2;1H2. The maximum atomic E-state index is 8.00. The molecule has 0 aromatic heterocycles. The fourth-order valence-electron chi connectivity index (χ4n) is 1.68. The molecule has 0 amide bonds. The van der Waals surface area contributed by atoms with Gasteiger partial charge in [-0.25, -0.2) is 0 Å². The first kappa shape index (κ1) is 7.99. The molecule has 1 aliphatic carbocycles. The molecule has 2 aromatic carbocycles. The fourth-order valence-corrected chi connectivity index (χ4v) is 1.68. The van der Waals surface area contributed by atoms with Crippen LogP contribution in [-0.2, 0) is 11.2 Å². The molecule has 0 saturated carbocycles. The van der Waals surface area contributed by atoms with E-state index >= 15 is 0 Å². The molecule has 0 N–H and O–H groups in total. The third-order valence-corrected chi connectivity index (χ3v) is 2.38. The van der Waals surface area contributed by atoms with Crippen molar-refractivity contribution in [3.8, 4) is 0 Å². The third kappa shape index (κ3) is 1.22. The van der Waals surface area contributed by atoms with Gasteiger partial charge in [0, 0.05) is 0 Å². The second kappa shape index (κ2) is 3.02. The molecule has 0 radical (unpaired) electrons. The molecule has 0 heterocycles. The van der Waals surface area contributed by atoms with Gasteiger partial charge in [0.15, 0.2) is 0 Å². The van der Waals surface area contributed by atoms with Crippen LogP contribution in [0, 0.1) is 0 Å². The number of hydrogen-bond acceptors (Lipinski definition) is 1. The van der Waals surface area contributed by atoms with E-state index in [0.29, 0.717) is 0 Å². The van der Waals surface area contributed by atoms with Crippen LogP contribution < -0.4 is 0 Å². The van der Waals surface area contributed by atoms with Crippen molar-refractivity contribution >= 4 is 17.6 Å². The Kier molecular flexibility index (Phi) is 1.85. The lowest BCUT2D eigenvalue weighted by molar-refractivity contribution is -0.0979. The van der Waals surface area contributed by atoms with E-state index in [4.69, 9.17) is 4.79 Å². The van der Waals surface area contributed by atoms with Gasteiger partial charge in [-0.3, -0.25) is 0 Å². The maximum absolute atomic E-state index is 8.00. The molecule has 0 fully saturated rings. The Hall–Kier alpha value is -1.63. The Bertz CT molecular complexity index is 446. The average Bonchev–Trinajstić information content (AvgIpc) is 3.00. The van der Waals surface area contributed by atoms with Crippen molar-refractivity contribution in [2.75, 3.05) is 0 Å². The maximum Gasteiger partial charge on any atom is 0.106 e. The zero-order chi connectivity index (χ0) is 9.26. The lowest BCUT2D eigenvalue weighted by Gasteiger charge is -1.92. The van der Waals surface area contributed by atoms with E-state index in [1.807, 2.05) is 6.79 Å². The Morgan fingerprint density at radius 3 is 2.62 bits per heavy atom. The molecule has 0 aliphatic heterocycles. The highest BCUT2D eigenvalue weighted by molar-refractivity contribution is 5.90. The van der Waals surface area contributed by atoms with Gasteiger partial charge < -0.3 is 4.79 Å². The summed E-state index contributed by atoms with van der Waals surface area (Å²) in [5.41, 5.74) is 3.09. The smallest absolute Gasteiger partial charge is 0.106 e. The van der Waals surface area contributed by atoms with Gasteiger partial charge in [0.2, 0.25) is 0 Å². The normalized spacial score (nSPS) is 11.4. The van der Waals surface area contributed by atoms with Gasteiger partial charge in [0.25, 0.3) is 0 Å². The Labute approximate surface area is 77.0 Å². The number of carbonyl (C=O) groups is 1. The number of carbonyl (C=O) groups excluding carboxylic acids is 1. The second-order valence-electron chi connectivity index (χ2n) is 3.10. The third-order valence-electron chi connectivity index (χ3n) is 2.38. The quantitative estimate of drug-likeness (QED) is 0.506. The van der Waals surface area contributed by atoms with Crippen LogP contribution in [0.4, 0.5) is 0 Å². The number of rotatable bonds is 0. The van der Waals surface area contributed by atoms with Crippen molar-refractivity contribution in [2.45, 2.75) is 6.42 Å². The highest BCUT2D eigenvalue weighted by Crippen LogP contribution is 2.34. The molecule has 2 aromatic rings.